The molecule has 2 aromatic rings. The summed E-state index contributed by atoms with van der Waals surface area (Å²) in [6, 6.07) is 18.5. The van der Waals surface area contributed by atoms with Gasteiger partial charge < -0.3 is 9.80 Å². The number of carbonyl (C=O) groups excluding carboxylic acids is 2. The van der Waals surface area contributed by atoms with Crippen molar-refractivity contribution >= 4 is 17.5 Å². The molecule has 2 amide bonds. The van der Waals surface area contributed by atoms with Crippen molar-refractivity contribution < 1.29 is 14.4 Å². The first-order valence-corrected chi connectivity index (χ1v) is 13.7. The second-order valence-corrected chi connectivity index (χ2v) is 10.1. The fraction of sp³-hybridized carbons (Fsp3) is 0.533. The first-order chi connectivity index (χ1) is 18.0. The summed E-state index contributed by atoms with van der Waals surface area (Å²) in [6.45, 7) is 5.04. The predicted octanol–water partition coefficient (Wildman–Crippen LogP) is 4.42. The minimum absolute atomic E-state index is 0.0908. The SMILES string of the molecule is CN(C)c1cccc(CCCN2CCN(C(=O)CCCCCCC(=O)NOCc3ccccc3)CC2)c1. The second-order valence-electron chi connectivity index (χ2n) is 10.1. The number of amides is 2. The van der Waals surface area contributed by atoms with E-state index in [9.17, 15) is 9.59 Å². The summed E-state index contributed by atoms with van der Waals surface area (Å²) >= 11 is 0. The predicted molar refractivity (Wildman–Crippen MR) is 149 cm³/mol. The molecule has 37 heavy (non-hydrogen) atoms. The van der Waals surface area contributed by atoms with Crippen molar-refractivity contribution in [2.45, 2.75) is 58.0 Å². The van der Waals surface area contributed by atoms with Crippen LogP contribution in [0.4, 0.5) is 5.69 Å². The summed E-state index contributed by atoms with van der Waals surface area (Å²) in [5.41, 5.74) is 6.17. The van der Waals surface area contributed by atoms with E-state index >= 15 is 0 Å². The van der Waals surface area contributed by atoms with Crippen LogP contribution in [-0.4, -0.2) is 68.4 Å². The molecule has 202 valence electrons. The topological polar surface area (TPSA) is 65.1 Å². The average Bonchev–Trinajstić information content (AvgIpc) is 2.91. The zero-order valence-electron chi connectivity index (χ0n) is 22.7. The van der Waals surface area contributed by atoms with Gasteiger partial charge in [0.15, 0.2) is 0 Å². The van der Waals surface area contributed by atoms with Gasteiger partial charge in [-0.1, -0.05) is 55.3 Å². The Labute approximate surface area is 222 Å². The lowest BCUT2D eigenvalue weighted by Crippen LogP contribution is -2.48. The zero-order chi connectivity index (χ0) is 26.3. The van der Waals surface area contributed by atoms with Gasteiger partial charge >= 0.3 is 0 Å². The van der Waals surface area contributed by atoms with E-state index in [2.05, 4.69) is 53.6 Å². The number of hydrogen-bond donors (Lipinski definition) is 1. The molecule has 0 spiro atoms. The van der Waals surface area contributed by atoms with E-state index in [1.54, 1.807) is 0 Å². The lowest BCUT2D eigenvalue weighted by molar-refractivity contribution is -0.135. The molecule has 0 aliphatic carbocycles. The van der Waals surface area contributed by atoms with Gasteiger partial charge in [-0.2, -0.15) is 0 Å². The van der Waals surface area contributed by atoms with Crippen LogP contribution in [0.2, 0.25) is 0 Å². The summed E-state index contributed by atoms with van der Waals surface area (Å²) in [6.07, 6.45) is 6.90. The zero-order valence-corrected chi connectivity index (χ0v) is 22.7. The Kier molecular flexibility index (Phi) is 12.4. The van der Waals surface area contributed by atoms with Gasteiger partial charge in [-0.05, 0) is 55.5 Å². The molecule has 0 unspecified atom stereocenters. The van der Waals surface area contributed by atoms with Crippen molar-refractivity contribution in [1.29, 1.82) is 0 Å². The van der Waals surface area contributed by atoms with Gasteiger partial charge in [-0.25, -0.2) is 5.48 Å². The third-order valence-corrected chi connectivity index (χ3v) is 6.90. The number of hydrogen-bond acceptors (Lipinski definition) is 5. The number of aryl methyl sites for hydroxylation is 1. The Morgan fingerprint density at radius 3 is 2.27 bits per heavy atom. The molecular weight excluding hydrogens is 464 g/mol. The van der Waals surface area contributed by atoms with Crippen molar-refractivity contribution in [3.63, 3.8) is 0 Å². The van der Waals surface area contributed by atoms with E-state index in [-0.39, 0.29) is 11.8 Å². The molecule has 0 atom stereocenters. The largest absolute Gasteiger partial charge is 0.378 e. The minimum Gasteiger partial charge on any atom is -0.378 e. The highest BCUT2D eigenvalue weighted by Crippen LogP contribution is 2.15. The number of unbranched alkanes of at least 4 members (excludes halogenated alkanes) is 3. The standard InChI is InChI=1S/C30H44N4O3/c1-32(2)28-16-10-14-26(24-28)15-11-19-33-20-22-34(23-21-33)30(36)18-9-4-3-8-17-29(35)31-37-25-27-12-6-5-7-13-27/h5-7,10,12-14,16,24H,3-4,8-9,11,15,17-23,25H2,1-2H3,(H,31,35). The molecular formula is C30H44N4O3. The molecule has 1 heterocycles. The average molecular weight is 509 g/mol. The van der Waals surface area contributed by atoms with Gasteiger partial charge in [0.1, 0.15) is 0 Å². The number of carbonyl (C=O) groups is 2. The maximum atomic E-state index is 12.6. The number of piperazine rings is 1. The van der Waals surface area contributed by atoms with Gasteiger partial charge in [0.2, 0.25) is 11.8 Å². The molecule has 7 nitrogen and oxygen atoms in total. The molecule has 0 bridgehead atoms. The Bertz CT molecular complexity index is 943. The first kappa shape index (κ1) is 28.7. The Morgan fingerprint density at radius 1 is 0.838 bits per heavy atom. The van der Waals surface area contributed by atoms with E-state index in [1.165, 1.54) is 11.3 Å². The van der Waals surface area contributed by atoms with E-state index < -0.39 is 0 Å². The number of hydroxylamine groups is 1. The van der Waals surface area contributed by atoms with Crippen molar-refractivity contribution in [3.8, 4) is 0 Å². The molecule has 2 aromatic carbocycles. The lowest BCUT2D eigenvalue weighted by atomic mass is 10.1. The van der Waals surface area contributed by atoms with E-state index in [1.807, 2.05) is 35.2 Å². The van der Waals surface area contributed by atoms with Crippen LogP contribution in [0.1, 0.15) is 56.1 Å². The second kappa shape index (κ2) is 16.0. The van der Waals surface area contributed by atoms with Gasteiger partial charge in [0, 0.05) is 58.8 Å². The van der Waals surface area contributed by atoms with Crippen LogP contribution in [0.5, 0.6) is 0 Å². The Morgan fingerprint density at radius 2 is 1.54 bits per heavy atom. The highest BCUT2D eigenvalue weighted by Gasteiger charge is 2.20. The van der Waals surface area contributed by atoms with E-state index in [0.717, 1.165) is 76.8 Å². The maximum absolute atomic E-state index is 12.6. The number of benzene rings is 2. The van der Waals surface area contributed by atoms with Crippen LogP contribution in [0, 0.1) is 0 Å². The Balaban J connectivity index is 1.17. The molecule has 1 aliphatic heterocycles. The number of rotatable bonds is 15. The molecule has 0 aromatic heterocycles. The third-order valence-electron chi connectivity index (χ3n) is 6.90. The minimum atomic E-state index is -0.0908. The van der Waals surface area contributed by atoms with Crippen LogP contribution < -0.4 is 10.4 Å². The van der Waals surface area contributed by atoms with E-state index in [0.29, 0.717) is 19.4 Å². The van der Waals surface area contributed by atoms with E-state index in [4.69, 9.17) is 4.84 Å². The number of nitrogens with one attached hydrogen (secondary N) is 1. The molecule has 0 radical (unpaired) electrons. The maximum Gasteiger partial charge on any atom is 0.243 e. The molecule has 0 saturated carbocycles. The van der Waals surface area contributed by atoms with Crippen LogP contribution >= 0.6 is 0 Å². The van der Waals surface area contributed by atoms with Crippen LogP contribution in [-0.2, 0) is 27.5 Å². The van der Waals surface area contributed by atoms with Crippen LogP contribution in [0.15, 0.2) is 54.6 Å². The summed E-state index contributed by atoms with van der Waals surface area (Å²) in [4.78, 5) is 36.4. The Hall–Kier alpha value is -2.90. The van der Waals surface area contributed by atoms with Gasteiger partial charge in [-0.3, -0.25) is 19.3 Å². The number of nitrogens with zero attached hydrogens (tertiary/aromatic N) is 3. The molecule has 7 heteroatoms. The van der Waals surface area contributed by atoms with Gasteiger partial charge in [0.05, 0.1) is 6.61 Å². The third kappa shape index (κ3) is 10.9. The highest BCUT2D eigenvalue weighted by molar-refractivity contribution is 5.76. The van der Waals surface area contributed by atoms with Gasteiger partial charge in [-0.15, -0.1) is 0 Å². The summed E-state index contributed by atoms with van der Waals surface area (Å²) in [5.74, 6) is 0.180. The highest BCUT2D eigenvalue weighted by atomic mass is 16.6. The molecule has 3 rings (SSSR count). The molecule has 1 N–H and O–H groups in total. The molecule has 1 aliphatic rings. The first-order valence-electron chi connectivity index (χ1n) is 13.7. The van der Waals surface area contributed by atoms with Crippen LogP contribution in [0.3, 0.4) is 0 Å². The monoisotopic (exact) mass is 508 g/mol. The lowest BCUT2D eigenvalue weighted by Gasteiger charge is -2.34. The van der Waals surface area contributed by atoms with Crippen molar-refractivity contribution in [2.75, 3.05) is 51.7 Å². The quantitative estimate of drug-likeness (QED) is 0.285. The fourth-order valence-corrected chi connectivity index (χ4v) is 4.62. The summed E-state index contributed by atoms with van der Waals surface area (Å²) in [5, 5.41) is 0. The smallest absolute Gasteiger partial charge is 0.243 e. The van der Waals surface area contributed by atoms with Crippen molar-refractivity contribution in [2.24, 2.45) is 0 Å². The van der Waals surface area contributed by atoms with Crippen molar-refractivity contribution in [1.82, 2.24) is 15.3 Å². The van der Waals surface area contributed by atoms with Crippen LogP contribution in [0.25, 0.3) is 0 Å². The summed E-state index contributed by atoms with van der Waals surface area (Å²) < 4.78 is 0. The summed E-state index contributed by atoms with van der Waals surface area (Å²) in [7, 11) is 4.15. The fourth-order valence-electron chi connectivity index (χ4n) is 4.62. The normalized spacial score (nSPS) is 13.9. The van der Waals surface area contributed by atoms with Gasteiger partial charge in [0.25, 0.3) is 0 Å². The molecule has 1 saturated heterocycles. The number of anilines is 1. The van der Waals surface area contributed by atoms with Crippen molar-refractivity contribution in [3.05, 3.63) is 65.7 Å². The molecule has 1 fully saturated rings.